The minimum atomic E-state index is -1.68. The number of hydrogen-bond donors (Lipinski definition) is 5. The topological polar surface area (TPSA) is 110 Å². The molecule has 5 N–H and O–H groups in total. The molecule has 0 aliphatic carbocycles. The lowest BCUT2D eigenvalue weighted by Gasteiger charge is -2.21. The van der Waals surface area contributed by atoms with Gasteiger partial charge in [0.2, 0.25) is 0 Å². The highest BCUT2D eigenvalue weighted by molar-refractivity contribution is 5.88. The third-order valence-corrected chi connectivity index (χ3v) is 5.72. The molecule has 0 amide bonds. The lowest BCUT2D eigenvalue weighted by molar-refractivity contribution is -0.137. The second kappa shape index (κ2) is 20.4. The van der Waals surface area contributed by atoms with Crippen LogP contribution in [0.25, 0.3) is 0 Å². The number of ketones is 1. The largest absolute Gasteiger partial charge is 0.394 e. The van der Waals surface area contributed by atoms with Gasteiger partial charge in [-0.15, -0.1) is 0 Å². The zero-order valence-electron chi connectivity index (χ0n) is 19.5. The molecule has 0 heterocycles. The van der Waals surface area contributed by atoms with Gasteiger partial charge in [0.15, 0.2) is 5.78 Å². The number of aliphatic hydroxyl groups excluding tert-OH is 4. The second-order valence-corrected chi connectivity index (χ2v) is 9.07. The van der Waals surface area contributed by atoms with Gasteiger partial charge in [-0.05, 0) is 18.9 Å². The highest BCUT2D eigenvalue weighted by Crippen LogP contribution is 2.14. The Morgan fingerprint density at radius 3 is 1.53 bits per heavy atom. The van der Waals surface area contributed by atoms with Crippen molar-refractivity contribution >= 4 is 5.78 Å². The Balaban J connectivity index is 3.46. The van der Waals surface area contributed by atoms with Gasteiger partial charge < -0.3 is 25.7 Å². The summed E-state index contributed by atoms with van der Waals surface area (Å²) in [6, 6.07) is -0.906. The number of carbonyl (C=O) groups is 1. The highest BCUT2D eigenvalue weighted by Gasteiger charge is 2.29. The fourth-order valence-electron chi connectivity index (χ4n) is 3.65. The third kappa shape index (κ3) is 16.2. The fourth-order valence-corrected chi connectivity index (χ4v) is 3.65. The van der Waals surface area contributed by atoms with E-state index in [9.17, 15) is 20.1 Å². The van der Waals surface area contributed by atoms with Gasteiger partial charge >= 0.3 is 0 Å². The number of carbonyl (C=O) groups excluding carboxylic acids is 1. The van der Waals surface area contributed by atoms with E-state index in [-0.39, 0.29) is 0 Å². The molecule has 180 valence electrons. The Morgan fingerprint density at radius 1 is 0.700 bits per heavy atom. The molecule has 0 radical (unpaired) electrons. The molecule has 0 aromatic heterocycles. The first-order chi connectivity index (χ1) is 14.4. The first kappa shape index (κ1) is 29.5. The van der Waals surface area contributed by atoms with Crippen molar-refractivity contribution in [1.82, 2.24) is 5.32 Å². The van der Waals surface area contributed by atoms with E-state index in [0.717, 1.165) is 18.8 Å². The first-order valence-electron chi connectivity index (χ1n) is 12.3. The van der Waals surface area contributed by atoms with Gasteiger partial charge in [-0.3, -0.25) is 4.79 Å². The standard InChI is InChI=1S/C24H49NO5/c1-20(2)16-14-12-10-8-6-4-3-5-7-9-11-13-15-17-25-21(18-26)23(29)24(30)22(28)19-27/h20-22,24-28,30H,3-19H2,1-2H3/t21-,22+,24+/m0/s1. The van der Waals surface area contributed by atoms with Crippen LogP contribution >= 0.6 is 0 Å². The Labute approximate surface area is 184 Å². The van der Waals surface area contributed by atoms with E-state index >= 15 is 0 Å². The van der Waals surface area contributed by atoms with Crippen molar-refractivity contribution in [1.29, 1.82) is 0 Å². The van der Waals surface area contributed by atoms with Crippen LogP contribution in [-0.4, -0.2) is 64.2 Å². The van der Waals surface area contributed by atoms with Crippen LogP contribution in [0, 0.1) is 5.92 Å². The Kier molecular flexibility index (Phi) is 20.0. The summed E-state index contributed by atoms with van der Waals surface area (Å²) in [5.41, 5.74) is 0. The van der Waals surface area contributed by atoms with Crippen LogP contribution in [0.5, 0.6) is 0 Å². The Bertz CT molecular complexity index is 392. The Morgan fingerprint density at radius 2 is 1.13 bits per heavy atom. The average molecular weight is 432 g/mol. The lowest BCUT2D eigenvalue weighted by Crippen LogP contribution is -2.49. The quantitative estimate of drug-likeness (QED) is 0.168. The molecule has 6 heteroatoms. The molecule has 6 nitrogen and oxygen atoms in total. The van der Waals surface area contributed by atoms with Gasteiger partial charge in [-0.25, -0.2) is 0 Å². The van der Waals surface area contributed by atoms with E-state index in [2.05, 4.69) is 19.2 Å². The normalized spacial score (nSPS) is 14.8. The summed E-state index contributed by atoms with van der Waals surface area (Å²) in [5, 5.41) is 40.0. The van der Waals surface area contributed by atoms with Crippen LogP contribution in [0.2, 0.25) is 0 Å². The van der Waals surface area contributed by atoms with Crippen LogP contribution in [-0.2, 0) is 4.79 Å². The molecule has 0 aliphatic heterocycles. The van der Waals surface area contributed by atoms with Gasteiger partial charge in [0, 0.05) is 0 Å². The van der Waals surface area contributed by atoms with Crippen LogP contribution in [0.15, 0.2) is 0 Å². The summed E-state index contributed by atoms with van der Waals surface area (Å²) in [5.74, 6) is 0.156. The molecule has 0 saturated heterocycles. The maximum atomic E-state index is 11.9. The second-order valence-electron chi connectivity index (χ2n) is 9.07. The van der Waals surface area contributed by atoms with Crippen molar-refractivity contribution in [2.75, 3.05) is 19.8 Å². The molecule has 0 aliphatic rings. The number of aliphatic hydroxyl groups is 4. The minimum Gasteiger partial charge on any atom is -0.394 e. The predicted molar refractivity (Wildman–Crippen MR) is 122 cm³/mol. The molecule has 0 spiro atoms. The number of rotatable bonds is 22. The monoisotopic (exact) mass is 431 g/mol. The van der Waals surface area contributed by atoms with E-state index in [1.54, 1.807) is 0 Å². The summed E-state index contributed by atoms with van der Waals surface area (Å²) >= 11 is 0. The van der Waals surface area contributed by atoms with E-state index in [1.165, 1.54) is 77.0 Å². The van der Waals surface area contributed by atoms with Crippen molar-refractivity contribution < 1.29 is 25.2 Å². The molecule has 3 atom stereocenters. The predicted octanol–water partition coefficient (Wildman–Crippen LogP) is 3.34. The van der Waals surface area contributed by atoms with Crippen molar-refractivity contribution in [2.24, 2.45) is 5.92 Å². The lowest BCUT2D eigenvalue weighted by atomic mass is 10.0. The maximum absolute atomic E-state index is 11.9. The van der Waals surface area contributed by atoms with E-state index in [4.69, 9.17) is 5.11 Å². The van der Waals surface area contributed by atoms with Crippen LogP contribution < -0.4 is 5.32 Å². The molecular formula is C24H49NO5. The molecule has 0 saturated carbocycles. The molecule has 30 heavy (non-hydrogen) atoms. The molecule has 0 rings (SSSR count). The summed E-state index contributed by atoms with van der Waals surface area (Å²) in [6.07, 6.45) is 14.8. The van der Waals surface area contributed by atoms with E-state index in [1.807, 2.05) is 0 Å². The van der Waals surface area contributed by atoms with Gasteiger partial charge in [0.05, 0.1) is 19.3 Å². The zero-order chi connectivity index (χ0) is 22.6. The molecule has 0 aromatic rings. The molecule has 0 bridgehead atoms. The van der Waals surface area contributed by atoms with Gasteiger partial charge in [-0.1, -0.05) is 97.3 Å². The van der Waals surface area contributed by atoms with Crippen LogP contribution in [0.1, 0.15) is 104 Å². The molecule has 0 aromatic carbocycles. The van der Waals surface area contributed by atoms with Gasteiger partial charge in [-0.2, -0.15) is 0 Å². The van der Waals surface area contributed by atoms with E-state index in [0.29, 0.717) is 6.54 Å². The summed E-state index contributed by atoms with van der Waals surface area (Å²) in [7, 11) is 0. The van der Waals surface area contributed by atoms with Crippen molar-refractivity contribution in [3.8, 4) is 0 Å². The minimum absolute atomic E-state index is 0.439. The third-order valence-electron chi connectivity index (χ3n) is 5.72. The van der Waals surface area contributed by atoms with Crippen LogP contribution in [0.4, 0.5) is 0 Å². The van der Waals surface area contributed by atoms with Crippen molar-refractivity contribution in [2.45, 2.75) is 122 Å². The average Bonchev–Trinajstić information content (AvgIpc) is 2.74. The summed E-state index contributed by atoms with van der Waals surface area (Å²) < 4.78 is 0. The molecule has 0 unspecified atom stereocenters. The maximum Gasteiger partial charge on any atom is 0.183 e. The number of Topliss-reactive ketones (excluding diaryl/α,β-unsaturated/α-hetero) is 1. The van der Waals surface area contributed by atoms with Crippen LogP contribution in [0.3, 0.4) is 0 Å². The molecule has 0 fully saturated rings. The van der Waals surface area contributed by atoms with E-state index < -0.39 is 37.2 Å². The molecular weight excluding hydrogens is 382 g/mol. The number of hydrogen-bond acceptors (Lipinski definition) is 6. The first-order valence-corrected chi connectivity index (χ1v) is 12.3. The smallest absolute Gasteiger partial charge is 0.183 e. The highest BCUT2D eigenvalue weighted by atomic mass is 16.4. The van der Waals surface area contributed by atoms with Crippen molar-refractivity contribution in [3.05, 3.63) is 0 Å². The number of nitrogens with one attached hydrogen (secondary N) is 1. The van der Waals surface area contributed by atoms with Gasteiger partial charge in [0.1, 0.15) is 12.2 Å². The Hall–Kier alpha value is -0.530. The van der Waals surface area contributed by atoms with Crippen molar-refractivity contribution in [3.63, 3.8) is 0 Å². The summed E-state index contributed by atoms with van der Waals surface area (Å²) in [4.78, 5) is 11.9. The van der Waals surface area contributed by atoms with Gasteiger partial charge in [0.25, 0.3) is 0 Å². The zero-order valence-corrected chi connectivity index (χ0v) is 19.5. The SMILES string of the molecule is CC(C)CCCCCCCCCCCCCCCN[C@@H](CO)C(=O)[C@H](O)[C@H](O)CO. The number of unbranched alkanes of at least 4 members (excludes halogenated alkanes) is 12. The summed E-state index contributed by atoms with van der Waals surface area (Å²) in [6.45, 7) is 4.05. The fraction of sp³-hybridized carbons (Fsp3) is 0.958.